The lowest BCUT2D eigenvalue weighted by atomic mass is 10.2. The fourth-order valence-corrected chi connectivity index (χ4v) is 3.97. The summed E-state index contributed by atoms with van der Waals surface area (Å²) in [6.45, 7) is 4.85. The van der Waals surface area contributed by atoms with Gasteiger partial charge in [-0.2, -0.15) is 0 Å². The Bertz CT molecular complexity index is 665. The molecule has 0 aliphatic heterocycles. The third kappa shape index (κ3) is 3.05. The van der Waals surface area contributed by atoms with Crippen LogP contribution >= 0.6 is 11.3 Å². The molecule has 0 bridgehead atoms. The fraction of sp³-hybridized carbons (Fsp3) is 0.471. The summed E-state index contributed by atoms with van der Waals surface area (Å²) in [5.41, 5.74) is 2.24. The molecule has 0 unspecified atom stereocenters. The number of para-hydroxylation sites is 2. The van der Waals surface area contributed by atoms with Gasteiger partial charge in [0, 0.05) is 17.1 Å². The Morgan fingerprint density at radius 1 is 1.29 bits per heavy atom. The lowest BCUT2D eigenvalue weighted by molar-refractivity contribution is 0.341. The molecule has 4 heteroatoms. The molecule has 1 aromatic heterocycles. The molecule has 0 atom stereocenters. The van der Waals surface area contributed by atoms with E-state index in [0.717, 1.165) is 16.2 Å². The Morgan fingerprint density at radius 2 is 2.05 bits per heavy atom. The van der Waals surface area contributed by atoms with Gasteiger partial charge in [0.15, 0.2) is 4.80 Å². The minimum Gasteiger partial charge on any atom is -0.492 e. The summed E-state index contributed by atoms with van der Waals surface area (Å²) in [5, 5.41) is 2.21. The summed E-state index contributed by atoms with van der Waals surface area (Å²) >= 11 is 1.73. The van der Waals surface area contributed by atoms with Gasteiger partial charge in [-0.3, -0.25) is 0 Å². The van der Waals surface area contributed by atoms with Gasteiger partial charge in [0.2, 0.25) is 0 Å². The quantitative estimate of drug-likeness (QED) is 0.810. The third-order valence-corrected chi connectivity index (χ3v) is 4.95. The van der Waals surface area contributed by atoms with Crippen molar-refractivity contribution in [3.05, 3.63) is 40.1 Å². The van der Waals surface area contributed by atoms with Crippen LogP contribution in [0.1, 0.15) is 44.3 Å². The van der Waals surface area contributed by atoms with Gasteiger partial charge in [-0.05, 0) is 38.8 Å². The van der Waals surface area contributed by atoms with Crippen molar-refractivity contribution in [3.8, 4) is 5.75 Å². The molecule has 3 nitrogen and oxygen atoms in total. The molecule has 1 aromatic carbocycles. The van der Waals surface area contributed by atoms with Crippen molar-refractivity contribution in [2.24, 2.45) is 4.99 Å². The van der Waals surface area contributed by atoms with E-state index in [4.69, 9.17) is 9.73 Å². The van der Waals surface area contributed by atoms with Gasteiger partial charge in [-0.1, -0.05) is 25.0 Å². The van der Waals surface area contributed by atoms with E-state index in [1.165, 1.54) is 31.4 Å². The third-order valence-electron chi connectivity index (χ3n) is 3.99. The van der Waals surface area contributed by atoms with E-state index in [-0.39, 0.29) is 0 Å². The molecule has 0 spiro atoms. The molecule has 21 heavy (non-hydrogen) atoms. The van der Waals surface area contributed by atoms with E-state index in [9.17, 15) is 0 Å². The molecular weight excluding hydrogens is 280 g/mol. The predicted octanol–water partition coefficient (Wildman–Crippen LogP) is 4.60. The first kappa shape index (κ1) is 14.4. The van der Waals surface area contributed by atoms with E-state index in [1.807, 2.05) is 31.2 Å². The second-order valence-electron chi connectivity index (χ2n) is 5.48. The predicted molar refractivity (Wildman–Crippen MR) is 87.4 cm³/mol. The Balaban J connectivity index is 2.04. The maximum atomic E-state index is 5.68. The van der Waals surface area contributed by atoms with E-state index < -0.39 is 0 Å². The Hall–Kier alpha value is -1.55. The van der Waals surface area contributed by atoms with Crippen LogP contribution in [-0.4, -0.2) is 11.2 Å². The molecule has 3 rings (SSSR count). The van der Waals surface area contributed by atoms with Gasteiger partial charge in [0.25, 0.3) is 0 Å². The molecule has 112 valence electrons. The second kappa shape index (κ2) is 6.48. The van der Waals surface area contributed by atoms with Gasteiger partial charge in [-0.25, -0.2) is 4.99 Å². The van der Waals surface area contributed by atoms with Crippen molar-refractivity contribution in [1.29, 1.82) is 0 Å². The maximum absolute atomic E-state index is 5.68. The first-order valence-electron chi connectivity index (χ1n) is 7.72. The van der Waals surface area contributed by atoms with Crippen molar-refractivity contribution in [3.63, 3.8) is 0 Å². The number of aryl methyl sites for hydroxylation is 1. The standard InChI is InChI=1S/C17H22N2OS/c1-3-20-16-11-7-6-10-15(16)18-17-19(13(2)12-21-17)14-8-4-5-9-14/h6-7,10-12,14H,3-5,8-9H2,1-2H3. The fourth-order valence-electron chi connectivity index (χ4n) is 3.02. The molecule has 2 aromatic rings. The molecule has 1 saturated carbocycles. The Morgan fingerprint density at radius 3 is 2.81 bits per heavy atom. The molecular formula is C17H22N2OS. The SMILES string of the molecule is CCOc1ccccc1N=c1scc(C)n1C1CCCC1. The molecule has 1 aliphatic rings. The van der Waals surface area contributed by atoms with Gasteiger partial charge >= 0.3 is 0 Å². The van der Waals surface area contributed by atoms with Crippen LogP contribution in [0.5, 0.6) is 5.75 Å². The molecule has 0 radical (unpaired) electrons. The van der Waals surface area contributed by atoms with E-state index in [1.54, 1.807) is 11.3 Å². The summed E-state index contributed by atoms with van der Waals surface area (Å²) < 4.78 is 8.10. The van der Waals surface area contributed by atoms with Gasteiger partial charge in [0.05, 0.1) is 6.61 Å². The number of rotatable bonds is 4. The average molecular weight is 302 g/mol. The zero-order chi connectivity index (χ0) is 14.7. The van der Waals surface area contributed by atoms with Crippen LogP contribution in [0.25, 0.3) is 0 Å². The topological polar surface area (TPSA) is 26.5 Å². The number of benzene rings is 1. The highest BCUT2D eigenvalue weighted by Gasteiger charge is 2.19. The summed E-state index contributed by atoms with van der Waals surface area (Å²) in [7, 11) is 0. The highest BCUT2D eigenvalue weighted by molar-refractivity contribution is 7.07. The van der Waals surface area contributed by atoms with Crippen LogP contribution in [0.2, 0.25) is 0 Å². The molecule has 1 heterocycles. The largest absolute Gasteiger partial charge is 0.492 e. The second-order valence-corrected chi connectivity index (χ2v) is 6.32. The first-order chi connectivity index (χ1) is 10.3. The number of hydrogen-bond acceptors (Lipinski definition) is 3. The lowest BCUT2D eigenvalue weighted by Crippen LogP contribution is -2.20. The summed E-state index contributed by atoms with van der Waals surface area (Å²) in [4.78, 5) is 5.97. The molecule has 0 saturated heterocycles. The van der Waals surface area contributed by atoms with Gasteiger partial charge in [-0.15, -0.1) is 11.3 Å². The normalized spacial score (nSPS) is 16.6. The first-order valence-corrected chi connectivity index (χ1v) is 8.60. The number of thiazole rings is 1. The van der Waals surface area contributed by atoms with Crippen molar-refractivity contribution >= 4 is 17.0 Å². The highest BCUT2D eigenvalue weighted by Crippen LogP contribution is 2.31. The number of ether oxygens (including phenoxy) is 1. The number of nitrogens with zero attached hydrogens (tertiary/aromatic N) is 2. The Labute approximate surface area is 129 Å². The highest BCUT2D eigenvalue weighted by atomic mass is 32.1. The van der Waals surface area contributed by atoms with Crippen LogP contribution in [0.15, 0.2) is 34.6 Å². The summed E-state index contributed by atoms with van der Waals surface area (Å²) in [5.74, 6) is 0.865. The minimum atomic E-state index is 0.620. The zero-order valence-electron chi connectivity index (χ0n) is 12.7. The summed E-state index contributed by atoms with van der Waals surface area (Å²) in [6.07, 6.45) is 5.22. The number of aromatic nitrogens is 1. The maximum Gasteiger partial charge on any atom is 0.190 e. The van der Waals surface area contributed by atoms with Gasteiger partial charge < -0.3 is 9.30 Å². The lowest BCUT2D eigenvalue weighted by Gasteiger charge is -2.14. The van der Waals surface area contributed by atoms with E-state index in [2.05, 4.69) is 16.9 Å². The van der Waals surface area contributed by atoms with Crippen LogP contribution in [-0.2, 0) is 0 Å². The van der Waals surface area contributed by atoms with Crippen LogP contribution in [0.4, 0.5) is 5.69 Å². The average Bonchev–Trinajstić information content (AvgIpc) is 3.11. The van der Waals surface area contributed by atoms with Crippen LogP contribution < -0.4 is 9.54 Å². The zero-order valence-corrected chi connectivity index (χ0v) is 13.5. The van der Waals surface area contributed by atoms with Crippen molar-refractivity contribution in [1.82, 2.24) is 4.57 Å². The van der Waals surface area contributed by atoms with E-state index in [0.29, 0.717) is 12.6 Å². The summed E-state index contributed by atoms with van der Waals surface area (Å²) in [6, 6.07) is 8.65. The number of hydrogen-bond donors (Lipinski definition) is 0. The van der Waals surface area contributed by atoms with Crippen molar-refractivity contribution in [2.45, 2.75) is 45.6 Å². The van der Waals surface area contributed by atoms with Crippen molar-refractivity contribution in [2.75, 3.05) is 6.61 Å². The monoisotopic (exact) mass is 302 g/mol. The van der Waals surface area contributed by atoms with Crippen molar-refractivity contribution < 1.29 is 4.74 Å². The molecule has 0 N–H and O–H groups in total. The molecule has 1 fully saturated rings. The van der Waals surface area contributed by atoms with E-state index >= 15 is 0 Å². The van der Waals surface area contributed by atoms with Crippen LogP contribution in [0, 0.1) is 6.92 Å². The van der Waals surface area contributed by atoms with Crippen LogP contribution in [0.3, 0.4) is 0 Å². The molecule has 0 amide bonds. The smallest absolute Gasteiger partial charge is 0.190 e. The molecule has 1 aliphatic carbocycles. The minimum absolute atomic E-state index is 0.620. The Kier molecular flexibility index (Phi) is 4.44. The van der Waals surface area contributed by atoms with Gasteiger partial charge in [0.1, 0.15) is 11.4 Å².